The van der Waals surface area contributed by atoms with Crippen LogP contribution in [0.4, 0.5) is 0 Å². The van der Waals surface area contributed by atoms with Crippen LogP contribution < -0.4 is 9.47 Å². The highest BCUT2D eigenvalue weighted by atomic mass is 16.5. The van der Waals surface area contributed by atoms with Crippen LogP contribution in [0.15, 0.2) is 12.1 Å². The molecule has 1 aromatic heterocycles. The third-order valence-corrected chi connectivity index (χ3v) is 2.38. The van der Waals surface area contributed by atoms with Crippen LogP contribution in [0, 0.1) is 0 Å². The van der Waals surface area contributed by atoms with Crippen molar-refractivity contribution in [3.8, 4) is 11.5 Å². The van der Waals surface area contributed by atoms with Gasteiger partial charge in [0.15, 0.2) is 11.5 Å². The number of nitrogens with zero attached hydrogens (tertiary/aromatic N) is 1. The summed E-state index contributed by atoms with van der Waals surface area (Å²) >= 11 is 0. The average molecular weight is 206 g/mol. The molecule has 4 nitrogen and oxygen atoms in total. The average Bonchev–Trinajstić information content (AvgIpc) is 2.70. The second-order valence-electron chi connectivity index (χ2n) is 3.23. The lowest BCUT2D eigenvalue weighted by Gasteiger charge is -2.06. The van der Waals surface area contributed by atoms with E-state index in [2.05, 4.69) is 16.9 Å². The summed E-state index contributed by atoms with van der Waals surface area (Å²) in [6.45, 7) is 2.06. The SMILES string of the molecule is CCc1nc2c(OC)c(OC)ccc2[nH]1. The lowest BCUT2D eigenvalue weighted by atomic mass is 10.2. The predicted molar refractivity (Wildman–Crippen MR) is 58.6 cm³/mol. The van der Waals surface area contributed by atoms with Crippen LogP contribution in [0.5, 0.6) is 11.5 Å². The van der Waals surface area contributed by atoms with Gasteiger partial charge in [-0.3, -0.25) is 0 Å². The molecule has 1 aromatic carbocycles. The summed E-state index contributed by atoms with van der Waals surface area (Å²) in [5, 5.41) is 0. The Labute approximate surface area is 88.2 Å². The molecule has 1 heterocycles. The van der Waals surface area contributed by atoms with E-state index in [1.54, 1.807) is 14.2 Å². The molecule has 0 saturated heterocycles. The molecule has 0 amide bonds. The molecule has 0 bridgehead atoms. The number of methoxy groups -OCH3 is 2. The number of hydrogen-bond acceptors (Lipinski definition) is 3. The first kappa shape index (κ1) is 9.83. The summed E-state index contributed by atoms with van der Waals surface area (Å²) in [5.41, 5.74) is 1.80. The molecule has 0 radical (unpaired) electrons. The van der Waals surface area contributed by atoms with Gasteiger partial charge in [0.2, 0.25) is 0 Å². The molecule has 0 spiro atoms. The van der Waals surface area contributed by atoms with Gasteiger partial charge in [0.05, 0.1) is 19.7 Å². The van der Waals surface area contributed by atoms with Gasteiger partial charge in [-0.25, -0.2) is 4.98 Å². The topological polar surface area (TPSA) is 47.1 Å². The van der Waals surface area contributed by atoms with E-state index in [0.29, 0.717) is 11.5 Å². The van der Waals surface area contributed by atoms with E-state index in [1.165, 1.54) is 0 Å². The first-order valence-corrected chi connectivity index (χ1v) is 4.89. The first-order chi connectivity index (χ1) is 7.30. The molecule has 0 aliphatic rings. The number of hydrogen-bond donors (Lipinski definition) is 1. The summed E-state index contributed by atoms with van der Waals surface area (Å²) in [6.07, 6.45) is 0.875. The molecule has 4 heteroatoms. The Kier molecular flexibility index (Phi) is 2.49. The molecule has 0 fully saturated rings. The van der Waals surface area contributed by atoms with Gasteiger partial charge in [0.1, 0.15) is 11.3 Å². The van der Waals surface area contributed by atoms with Crippen molar-refractivity contribution in [1.82, 2.24) is 9.97 Å². The van der Waals surface area contributed by atoms with Gasteiger partial charge in [0.25, 0.3) is 0 Å². The number of rotatable bonds is 3. The summed E-state index contributed by atoms with van der Waals surface area (Å²) in [7, 11) is 3.24. The van der Waals surface area contributed by atoms with Crippen molar-refractivity contribution in [2.45, 2.75) is 13.3 Å². The number of aromatic amines is 1. The molecule has 2 rings (SSSR count). The Balaban J connectivity index is 2.69. The Morgan fingerprint density at radius 2 is 2.07 bits per heavy atom. The number of fused-ring (bicyclic) bond motifs is 1. The van der Waals surface area contributed by atoms with Crippen LogP contribution in [-0.4, -0.2) is 24.2 Å². The summed E-state index contributed by atoms with van der Waals surface area (Å²) in [5.74, 6) is 2.35. The van der Waals surface area contributed by atoms with Crippen molar-refractivity contribution < 1.29 is 9.47 Å². The van der Waals surface area contributed by atoms with Gasteiger partial charge in [-0.15, -0.1) is 0 Å². The van der Waals surface area contributed by atoms with Crippen molar-refractivity contribution in [2.75, 3.05) is 14.2 Å². The molecule has 0 aliphatic carbocycles. The standard InChI is InChI=1S/C11H14N2O2/c1-4-9-12-7-5-6-8(14-2)11(15-3)10(7)13-9/h5-6H,4H2,1-3H3,(H,12,13). The van der Waals surface area contributed by atoms with Crippen molar-refractivity contribution >= 4 is 11.0 Å². The van der Waals surface area contributed by atoms with Crippen LogP contribution in [0.3, 0.4) is 0 Å². The third-order valence-electron chi connectivity index (χ3n) is 2.38. The van der Waals surface area contributed by atoms with Crippen LogP contribution in [-0.2, 0) is 6.42 Å². The normalized spacial score (nSPS) is 10.6. The Morgan fingerprint density at radius 1 is 1.27 bits per heavy atom. The Hall–Kier alpha value is -1.71. The number of ether oxygens (including phenoxy) is 2. The Bertz CT molecular complexity index is 477. The van der Waals surface area contributed by atoms with Crippen molar-refractivity contribution in [2.24, 2.45) is 0 Å². The van der Waals surface area contributed by atoms with Gasteiger partial charge < -0.3 is 14.5 Å². The van der Waals surface area contributed by atoms with Crippen LogP contribution in [0.1, 0.15) is 12.7 Å². The summed E-state index contributed by atoms with van der Waals surface area (Å²) < 4.78 is 10.5. The molecule has 0 atom stereocenters. The molecule has 0 saturated carbocycles. The van der Waals surface area contributed by atoms with E-state index in [4.69, 9.17) is 9.47 Å². The lowest BCUT2D eigenvalue weighted by Crippen LogP contribution is -1.91. The second-order valence-corrected chi connectivity index (χ2v) is 3.23. The minimum atomic E-state index is 0.686. The smallest absolute Gasteiger partial charge is 0.188 e. The molecule has 15 heavy (non-hydrogen) atoms. The zero-order valence-electron chi connectivity index (χ0n) is 9.13. The monoisotopic (exact) mass is 206 g/mol. The van der Waals surface area contributed by atoms with Gasteiger partial charge in [-0.05, 0) is 12.1 Å². The first-order valence-electron chi connectivity index (χ1n) is 4.89. The van der Waals surface area contributed by atoms with Crippen LogP contribution >= 0.6 is 0 Å². The highest BCUT2D eigenvalue weighted by Crippen LogP contribution is 2.33. The van der Waals surface area contributed by atoms with E-state index >= 15 is 0 Å². The fourth-order valence-corrected chi connectivity index (χ4v) is 1.61. The number of nitrogens with one attached hydrogen (secondary N) is 1. The van der Waals surface area contributed by atoms with Crippen molar-refractivity contribution in [3.63, 3.8) is 0 Å². The highest BCUT2D eigenvalue weighted by Gasteiger charge is 2.12. The zero-order valence-corrected chi connectivity index (χ0v) is 9.13. The maximum Gasteiger partial charge on any atom is 0.188 e. The number of aromatic nitrogens is 2. The predicted octanol–water partition coefficient (Wildman–Crippen LogP) is 2.14. The van der Waals surface area contributed by atoms with Gasteiger partial charge in [0, 0.05) is 6.42 Å². The molecule has 0 aliphatic heterocycles. The maximum absolute atomic E-state index is 5.30. The molecule has 1 N–H and O–H groups in total. The molecule has 2 aromatic rings. The molecular weight excluding hydrogens is 192 g/mol. The van der Waals surface area contributed by atoms with E-state index < -0.39 is 0 Å². The summed E-state index contributed by atoms with van der Waals surface area (Å²) in [4.78, 5) is 7.67. The van der Waals surface area contributed by atoms with E-state index in [-0.39, 0.29) is 0 Å². The van der Waals surface area contributed by atoms with Crippen molar-refractivity contribution in [3.05, 3.63) is 18.0 Å². The molecular formula is C11H14N2O2. The van der Waals surface area contributed by atoms with Crippen molar-refractivity contribution in [1.29, 1.82) is 0 Å². The minimum Gasteiger partial charge on any atom is -0.493 e. The number of H-pyrrole nitrogens is 1. The molecule has 0 unspecified atom stereocenters. The highest BCUT2D eigenvalue weighted by molar-refractivity contribution is 5.84. The van der Waals surface area contributed by atoms with Crippen LogP contribution in [0.25, 0.3) is 11.0 Å². The number of aryl methyl sites for hydroxylation is 1. The van der Waals surface area contributed by atoms with Gasteiger partial charge in [-0.1, -0.05) is 6.92 Å². The molecule has 80 valence electrons. The van der Waals surface area contributed by atoms with E-state index in [9.17, 15) is 0 Å². The van der Waals surface area contributed by atoms with Crippen LogP contribution in [0.2, 0.25) is 0 Å². The van der Waals surface area contributed by atoms with E-state index in [0.717, 1.165) is 23.3 Å². The number of benzene rings is 1. The minimum absolute atomic E-state index is 0.686. The summed E-state index contributed by atoms with van der Waals surface area (Å²) in [6, 6.07) is 3.82. The van der Waals surface area contributed by atoms with Gasteiger partial charge >= 0.3 is 0 Å². The Morgan fingerprint density at radius 3 is 2.67 bits per heavy atom. The van der Waals surface area contributed by atoms with Gasteiger partial charge in [-0.2, -0.15) is 0 Å². The third kappa shape index (κ3) is 1.52. The second kappa shape index (κ2) is 3.81. The zero-order chi connectivity index (χ0) is 10.8. The fraction of sp³-hybridized carbons (Fsp3) is 0.364. The lowest BCUT2D eigenvalue weighted by molar-refractivity contribution is 0.358. The fourth-order valence-electron chi connectivity index (χ4n) is 1.61. The maximum atomic E-state index is 5.30. The van der Waals surface area contributed by atoms with E-state index in [1.807, 2.05) is 12.1 Å². The largest absolute Gasteiger partial charge is 0.493 e. The number of imidazole rings is 1. The quantitative estimate of drug-likeness (QED) is 0.836.